The highest BCUT2D eigenvalue weighted by Crippen LogP contribution is 2.36. The maximum absolute atomic E-state index is 11.2. The van der Waals surface area contributed by atoms with Gasteiger partial charge in [0, 0.05) is 80.7 Å². The molecule has 6 heterocycles. The van der Waals surface area contributed by atoms with E-state index in [0.717, 1.165) is 52.2 Å². The van der Waals surface area contributed by atoms with Crippen LogP contribution in [0.3, 0.4) is 0 Å². The number of nitrogens with two attached hydrogens (primary N) is 3. The quantitative estimate of drug-likeness (QED) is 0.0734. The van der Waals surface area contributed by atoms with Crippen LogP contribution in [0.5, 0.6) is 34.8 Å². The number of ether oxygens (including phenoxy) is 3. The lowest BCUT2D eigenvalue weighted by atomic mass is 9.95. The number of benzene rings is 6. The fourth-order valence-electron chi connectivity index (χ4n) is 11.2. The summed E-state index contributed by atoms with van der Waals surface area (Å²) in [7, 11) is 0. The van der Waals surface area contributed by atoms with Gasteiger partial charge in [-0.3, -0.25) is 34.1 Å². The highest BCUT2D eigenvalue weighted by molar-refractivity contribution is 6.32. The summed E-state index contributed by atoms with van der Waals surface area (Å²) < 4.78 is 17.4. The van der Waals surface area contributed by atoms with E-state index in [9.17, 15) is 14.4 Å². The van der Waals surface area contributed by atoms with E-state index in [-0.39, 0.29) is 0 Å². The van der Waals surface area contributed by atoms with Gasteiger partial charge in [0.15, 0.2) is 0 Å². The third kappa shape index (κ3) is 16.8. The molecule has 0 spiro atoms. The van der Waals surface area contributed by atoms with Gasteiger partial charge in [-0.1, -0.05) is 121 Å². The second-order valence-corrected chi connectivity index (χ2v) is 22.1. The van der Waals surface area contributed by atoms with Crippen LogP contribution in [0.2, 0.25) is 5.02 Å². The Morgan fingerprint density at radius 1 is 0.465 bits per heavy atom. The Hall–Kier alpha value is -9.25. The lowest BCUT2D eigenvalue weighted by Gasteiger charge is -2.36. The smallest absolute Gasteiger partial charge is 0.250 e. The summed E-state index contributed by atoms with van der Waals surface area (Å²) in [5, 5.41) is 0.349. The standard InChI is InChI=1S/C24H25N3O2.C23H22ClN3O2.C23H23N3O2/c25-24(28)20-11-14-23(26-16-20)29-21-12-9-18(10-13-21)17-27-15-5-4-8-22(27)19-6-2-1-3-7-19;24-20-13-17(23(25)28)7-10-22(20)29-19-8-5-16(6-9-19)15-27-12-2-4-21(27)18-3-1-11-26-14-18;24-23(27)19-8-11-22(25-14-19)28-21-9-6-17(7-10-21)15-26-13-12-20(16-26)18-4-2-1-3-5-18/h1-3,6-7,9-14,16,22H,4-5,8,15,17H2,(H2,25,28);1,3,5-11,13-14,21H,2,4,12,15H2,(H2,25,28);1-11,14,20H,12-13,15-16H2,(H2,24,27). The van der Waals surface area contributed by atoms with Crippen molar-refractivity contribution in [1.82, 2.24) is 29.7 Å². The number of piperidine rings is 1. The van der Waals surface area contributed by atoms with Gasteiger partial charge >= 0.3 is 0 Å². The summed E-state index contributed by atoms with van der Waals surface area (Å²) in [6, 6.07) is 62.1. The zero-order chi connectivity index (χ0) is 59.6. The summed E-state index contributed by atoms with van der Waals surface area (Å²) in [5.74, 6) is 2.57. The average molecular weight is 1170 g/mol. The van der Waals surface area contributed by atoms with Gasteiger partial charge in [-0.15, -0.1) is 0 Å². The second-order valence-electron chi connectivity index (χ2n) is 21.7. The van der Waals surface area contributed by atoms with Crippen LogP contribution in [0, 0.1) is 0 Å². The van der Waals surface area contributed by atoms with E-state index in [2.05, 4.69) is 133 Å². The highest BCUT2D eigenvalue weighted by Gasteiger charge is 2.27. The molecule has 86 heavy (non-hydrogen) atoms. The van der Waals surface area contributed by atoms with Crippen LogP contribution in [0.1, 0.15) is 121 Å². The number of nitrogens with zero attached hydrogens (tertiary/aromatic N) is 6. The molecule has 3 aliphatic rings. The molecule has 0 saturated carbocycles. The number of rotatable bonds is 18. The van der Waals surface area contributed by atoms with Crippen molar-refractivity contribution >= 4 is 29.3 Å². The minimum absolute atomic E-state index is 0.349. The number of aromatic nitrogens is 3. The number of likely N-dealkylation sites (tertiary alicyclic amines) is 3. The molecule has 3 amide bonds. The van der Waals surface area contributed by atoms with Crippen molar-refractivity contribution < 1.29 is 28.6 Å². The van der Waals surface area contributed by atoms with Crippen LogP contribution < -0.4 is 31.4 Å². The molecule has 438 valence electrons. The Kier molecular flexibility index (Phi) is 20.6. The molecule has 3 aromatic heterocycles. The molecular formula is C70H70ClN9O6. The lowest BCUT2D eigenvalue weighted by Crippen LogP contribution is -2.32. The van der Waals surface area contributed by atoms with E-state index in [1.807, 2.05) is 54.9 Å². The van der Waals surface area contributed by atoms with Crippen LogP contribution in [-0.2, 0) is 19.6 Å². The number of hydrogen-bond donors (Lipinski definition) is 3. The largest absolute Gasteiger partial charge is 0.456 e. The van der Waals surface area contributed by atoms with E-state index < -0.39 is 17.7 Å². The Morgan fingerprint density at radius 3 is 1.47 bits per heavy atom. The van der Waals surface area contributed by atoms with Crippen molar-refractivity contribution in [2.45, 2.75) is 76.2 Å². The zero-order valence-electron chi connectivity index (χ0n) is 47.9. The highest BCUT2D eigenvalue weighted by atomic mass is 35.5. The first-order chi connectivity index (χ1) is 42.0. The summed E-state index contributed by atoms with van der Waals surface area (Å²) in [4.78, 5) is 53.5. The van der Waals surface area contributed by atoms with Gasteiger partial charge in [-0.2, -0.15) is 0 Å². The molecule has 3 saturated heterocycles. The molecule has 0 radical (unpaired) electrons. The average Bonchev–Trinajstić information content (AvgIpc) is 4.38. The Morgan fingerprint density at radius 2 is 0.953 bits per heavy atom. The van der Waals surface area contributed by atoms with Gasteiger partial charge in [0.25, 0.3) is 0 Å². The number of carbonyl (C=O) groups excluding carboxylic acids is 3. The van der Waals surface area contributed by atoms with Crippen molar-refractivity contribution in [3.8, 4) is 34.8 Å². The molecule has 15 nitrogen and oxygen atoms in total. The van der Waals surface area contributed by atoms with E-state index in [1.54, 1.807) is 36.4 Å². The van der Waals surface area contributed by atoms with E-state index >= 15 is 0 Å². The number of hydrogen-bond acceptors (Lipinski definition) is 12. The minimum Gasteiger partial charge on any atom is -0.456 e. The third-order valence-corrected chi connectivity index (χ3v) is 15.9. The summed E-state index contributed by atoms with van der Waals surface area (Å²) in [6.45, 7) is 7.16. The zero-order valence-corrected chi connectivity index (χ0v) is 48.6. The van der Waals surface area contributed by atoms with Gasteiger partial charge in [0.1, 0.15) is 23.0 Å². The third-order valence-electron chi connectivity index (χ3n) is 15.7. The Bertz CT molecular complexity index is 3630. The second kappa shape index (κ2) is 29.5. The fraction of sp³-hybridized carbons (Fsp3) is 0.229. The van der Waals surface area contributed by atoms with Crippen molar-refractivity contribution in [3.05, 3.63) is 268 Å². The molecule has 12 rings (SSSR count). The van der Waals surface area contributed by atoms with Crippen molar-refractivity contribution in [2.24, 2.45) is 17.2 Å². The van der Waals surface area contributed by atoms with Crippen molar-refractivity contribution in [3.63, 3.8) is 0 Å². The first-order valence-electron chi connectivity index (χ1n) is 29.1. The SMILES string of the molecule is NC(=O)c1ccc(Oc2ccc(CN3CCC(c4ccccc4)C3)cc2)nc1.NC(=O)c1ccc(Oc2ccc(CN3CCCC3c3cccnc3)cc2)c(Cl)c1.NC(=O)c1ccc(Oc2ccc(CN3CCCCC3c3ccccc3)cc2)nc1. The van der Waals surface area contributed by atoms with Gasteiger partial charge in [0.05, 0.1) is 16.1 Å². The Balaban J connectivity index is 0.000000143. The predicted octanol–water partition coefficient (Wildman–Crippen LogP) is 13.6. The maximum Gasteiger partial charge on any atom is 0.250 e. The maximum atomic E-state index is 11.2. The fourth-order valence-corrected chi connectivity index (χ4v) is 11.4. The lowest BCUT2D eigenvalue weighted by molar-refractivity contribution is 0.0991. The summed E-state index contributed by atoms with van der Waals surface area (Å²) in [5.41, 5.74) is 24.7. The van der Waals surface area contributed by atoms with E-state index in [0.29, 0.717) is 74.5 Å². The number of primary amides is 3. The summed E-state index contributed by atoms with van der Waals surface area (Å²) in [6.07, 6.45) is 13.9. The molecule has 3 unspecified atom stereocenters. The number of carbonyl (C=O) groups is 3. The van der Waals surface area contributed by atoms with Gasteiger partial charge < -0.3 is 31.4 Å². The first-order valence-corrected chi connectivity index (χ1v) is 29.5. The molecule has 9 aromatic rings. The number of pyridine rings is 3. The van der Waals surface area contributed by atoms with Crippen LogP contribution in [-0.4, -0.2) is 73.6 Å². The molecule has 6 aromatic carbocycles. The molecule has 16 heteroatoms. The van der Waals surface area contributed by atoms with Crippen LogP contribution >= 0.6 is 11.6 Å². The van der Waals surface area contributed by atoms with Crippen LogP contribution in [0.4, 0.5) is 0 Å². The summed E-state index contributed by atoms with van der Waals surface area (Å²) >= 11 is 6.20. The van der Waals surface area contributed by atoms with Crippen LogP contribution in [0.15, 0.2) is 213 Å². The predicted molar refractivity (Wildman–Crippen MR) is 334 cm³/mol. The number of halogens is 1. The van der Waals surface area contributed by atoms with Crippen molar-refractivity contribution in [1.29, 1.82) is 0 Å². The van der Waals surface area contributed by atoms with E-state index in [1.165, 1.54) is 83.9 Å². The van der Waals surface area contributed by atoms with Gasteiger partial charge in [0.2, 0.25) is 29.5 Å². The normalized spacial score (nSPS) is 16.8. The molecule has 3 fully saturated rings. The Labute approximate surface area is 507 Å². The molecule has 0 aliphatic carbocycles. The molecule has 6 N–H and O–H groups in total. The topological polar surface area (TPSA) is 205 Å². The number of amides is 3. The van der Waals surface area contributed by atoms with Crippen LogP contribution in [0.25, 0.3) is 0 Å². The minimum atomic E-state index is -0.519. The molecule has 3 aliphatic heterocycles. The van der Waals surface area contributed by atoms with Crippen molar-refractivity contribution in [2.75, 3.05) is 26.2 Å². The van der Waals surface area contributed by atoms with Gasteiger partial charge in [-0.25, -0.2) is 9.97 Å². The van der Waals surface area contributed by atoms with Gasteiger partial charge in [-0.05, 0) is 164 Å². The van der Waals surface area contributed by atoms with E-state index in [4.69, 9.17) is 43.0 Å². The molecule has 3 atom stereocenters. The molecule has 0 bridgehead atoms. The molecular weight excluding hydrogens is 1100 g/mol. The first kappa shape index (κ1) is 59.9. The monoisotopic (exact) mass is 1170 g/mol.